The molecule has 0 aromatic heterocycles. The molecule has 0 spiro atoms. The zero-order valence-electron chi connectivity index (χ0n) is 66.3. The number of nitriles is 2. The topological polar surface area (TPSA) is 356 Å². The fourth-order valence-electron chi connectivity index (χ4n) is 13.5. The molecule has 0 bridgehead atoms. The number of aryl methyl sites for hydroxylation is 2. The zero-order valence-corrected chi connectivity index (χ0v) is 66.3. The van der Waals surface area contributed by atoms with Gasteiger partial charge in [0.15, 0.2) is 12.0 Å². The van der Waals surface area contributed by atoms with Crippen LogP contribution in [0, 0.1) is 65.2 Å². The van der Waals surface area contributed by atoms with Gasteiger partial charge in [-0.15, -0.1) is 0 Å². The third-order valence-corrected chi connectivity index (χ3v) is 19.8. The van der Waals surface area contributed by atoms with Gasteiger partial charge in [0.1, 0.15) is 63.6 Å². The van der Waals surface area contributed by atoms with Crippen molar-refractivity contribution >= 4 is 106 Å². The number of aliphatic hydroxyl groups excluding tert-OH is 9. The molecule has 10 N–H and O–H groups in total. The van der Waals surface area contributed by atoms with Crippen LogP contribution in [0.4, 0.5) is 27.6 Å². The molecule has 2 saturated heterocycles. The summed E-state index contributed by atoms with van der Waals surface area (Å²) < 4.78 is 135. The molecule has 12 aromatic rings. The maximum atomic E-state index is 13.7. The number of benzene rings is 12. The van der Waals surface area contributed by atoms with Gasteiger partial charge in [-0.25, -0.2) is 26.8 Å². The predicted octanol–water partition coefficient (Wildman–Crippen LogP) is 7.14. The van der Waals surface area contributed by atoms with Crippen molar-refractivity contribution in [3.05, 3.63) is 349 Å². The van der Waals surface area contributed by atoms with Crippen molar-refractivity contribution in [2.45, 2.75) is 79.4 Å². The second kappa shape index (κ2) is 43.3. The first-order valence-corrected chi connectivity index (χ1v) is 38.5. The van der Waals surface area contributed by atoms with E-state index in [0.717, 1.165) is 35.9 Å². The molecule has 0 aliphatic carbocycles. The minimum Gasteiger partial charge on any atom is -0.457 e. The molecule has 0 saturated carbocycles. The lowest BCUT2D eigenvalue weighted by atomic mass is 9.59. The smallest absolute Gasteiger partial charge is 0.457 e. The van der Waals surface area contributed by atoms with E-state index in [2.05, 4.69) is 17.0 Å². The summed E-state index contributed by atoms with van der Waals surface area (Å²) in [7, 11) is -9.83. The Hall–Kier alpha value is -12.0. The number of rotatable bonds is 28. The van der Waals surface area contributed by atoms with E-state index >= 15 is 0 Å². The lowest BCUT2D eigenvalue weighted by Gasteiger charge is -2.33. The first-order chi connectivity index (χ1) is 60.1. The van der Waals surface area contributed by atoms with E-state index in [4.69, 9.17) is 68.0 Å². The molecular formula is C87H74B8F5N3O21. The highest BCUT2D eigenvalue weighted by molar-refractivity contribution is 6.88. The van der Waals surface area contributed by atoms with Crippen molar-refractivity contribution < 1.29 is 124 Å². The third kappa shape index (κ3) is 22.9. The average molecular weight is 1680 g/mol. The highest BCUT2D eigenvalue weighted by Crippen LogP contribution is 2.31. The Balaban J connectivity index is 0.000000180. The summed E-state index contributed by atoms with van der Waals surface area (Å²) in [5, 5.41) is 120. The largest absolute Gasteiger partial charge is 0.482 e. The molecule has 124 heavy (non-hydrogen) atoms. The van der Waals surface area contributed by atoms with Gasteiger partial charge in [-0.05, 0) is 265 Å². The summed E-state index contributed by atoms with van der Waals surface area (Å²) >= 11 is 0. The fraction of sp³-hybridized carbons (Fsp3) is 0.138. The average Bonchev–Trinajstić information content (AvgIpc) is 0.780. The minimum atomic E-state index is -1.75. The number of aliphatic hydroxyl groups is 9. The minimum absolute atomic E-state index is 0.0377. The second-order valence-electron chi connectivity index (χ2n) is 27.9. The van der Waals surface area contributed by atoms with Crippen molar-refractivity contribution in [2.75, 3.05) is 0 Å². The van der Waals surface area contributed by atoms with Gasteiger partial charge in [0.25, 0.3) is 0 Å². The molecule has 1 atom stereocenters. The summed E-state index contributed by atoms with van der Waals surface area (Å²) in [5.74, 6) is -0.0319. The van der Waals surface area contributed by atoms with E-state index in [1.54, 1.807) is 146 Å². The van der Waals surface area contributed by atoms with Crippen LogP contribution in [-0.2, 0) is 95.9 Å². The van der Waals surface area contributed by atoms with Gasteiger partial charge in [-0.2, -0.15) is 10.5 Å². The summed E-state index contributed by atoms with van der Waals surface area (Å²) in [5.41, 5.74) is 8.58. The van der Waals surface area contributed by atoms with Crippen LogP contribution in [0.5, 0.6) is 34.5 Å². The van der Waals surface area contributed by atoms with Crippen LogP contribution < -0.4 is 57.9 Å². The van der Waals surface area contributed by atoms with Crippen molar-refractivity contribution in [2.24, 2.45) is 0 Å². The Labute approximate surface area is 712 Å². The molecule has 2 fully saturated rings. The summed E-state index contributed by atoms with van der Waals surface area (Å²) in [6.07, 6.45) is -1.26. The predicted molar refractivity (Wildman–Crippen MR) is 453 cm³/mol. The maximum Gasteiger partial charge on any atom is 0.482 e. The number of hydrogen-bond donors (Lipinski definition) is 10. The molecule has 24 nitrogen and oxygen atoms in total. The summed E-state index contributed by atoms with van der Waals surface area (Å²) in [4.78, 5) is 3.41. The molecular weight excluding hydrogens is 1600 g/mol. The molecule has 0 radical (unpaired) electrons. The molecule has 0 amide bonds. The van der Waals surface area contributed by atoms with Crippen LogP contribution in [0.25, 0.3) is 4.85 Å². The maximum absolute atomic E-state index is 13.7. The molecule has 37 heteroatoms. The van der Waals surface area contributed by atoms with Gasteiger partial charge in [-0.3, -0.25) is 0 Å². The van der Waals surface area contributed by atoms with Crippen LogP contribution in [0.2, 0.25) is 0 Å². The molecule has 622 valence electrons. The van der Waals surface area contributed by atoms with E-state index in [1.807, 2.05) is 13.0 Å². The second-order valence-corrected chi connectivity index (χ2v) is 27.9. The van der Waals surface area contributed by atoms with Crippen LogP contribution in [0.15, 0.2) is 237 Å². The molecule has 2 heterocycles. The molecule has 14 rings (SSSR count). The lowest BCUT2D eigenvalue weighted by molar-refractivity contribution is -0.0315. The fourth-order valence-corrected chi connectivity index (χ4v) is 13.5. The van der Waals surface area contributed by atoms with E-state index < -0.39 is 139 Å². The van der Waals surface area contributed by atoms with Crippen LogP contribution >= 0.6 is 0 Å². The first-order valence-electron chi connectivity index (χ1n) is 38.5. The van der Waals surface area contributed by atoms with Crippen molar-refractivity contribution in [3.63, 3.8) is 0 Å². The van der Waals surface area contributed by atoms with Gasteiger partial charge in [-0.1, -0.05) is 91.3 Å². The summed E-state index contributed by atoms with van der Waals surface area (Å²) in [6.45, 7) is 7.32. The van der Waals surface area contributed by atoms with E-state index in [1.165, 1.54) is 60.7 Å². The molecule has 2 aliphatic heterocycles. The van der Waals surface area contributed by atoms with Gasteiger partial charge in [0.05, 0.1) is 82.7 Å². The van der Waals surface area contributed by atoms with Gasteiger partial charge < -0.3 is 102 Å². The normalized spacial score (nSPS) is 12.7. The van der Waals surface area contributed by atoms with Crippen molar-refractivity contribution in [1.82, 2.24) is 0 Å². The van der Waals surface area contributed by atoms with Gasteiger partial charge in [0.2, 0.25) is 0 Å². The molecule has 2 aliphatic rings. The number of nitrogens with zero attached hydrogens (tertiary/aromatic N) is 3. The zero-order chi connectivity index (χ0) is 88.1. The Bertz CT molecular complexity index is 5360. The standard InChI is InChI=1S/C42H30B3N3O9.C23H23B2F3O6.C22H21B3F2O6/c1-48-33-6-12-36(13-7-33)54-39-16-19-42(32(22-39)27-51)45-56-43(40-17-14-37(20-30(40)25-49)52-34-8-2-28(23-46)3-9-34)55-44(57-45)41-18-15-38(21-31(41)26-50)53-35-10-4-29(24-47)5-11-35;1-2-14-9-17(26)3-6-20(14)23(31)33-25(22-8-5-19(28)11-16(22)13-30)34-24(32)21-7-4-18(27)10-15(21)12-29;1-14-2-5-20(15(8-14)11-28)23-31-24(21-6-3-18(26)9-16(21)12-29)33-25(32-23)22-7-4-19(27)10-17(22)13-30/h2-22,49-51H,25-27H2;3-11,23,29-32H,2,12-13H2,1H3;2-10,28-30H,11-13H2,1H3. The van der Waals surface area contributed by atoms with E-state index in [9.17, 15) is 72.9 Å². The number of hydrogen-bond acceptors (Lipinski definition) is 23. The lowest BCUT2D eigenvalue weighted by Crippen LogP contribution is -2.62. The molecule has 1 unspecified atom stereocenters. The Morgan fingerprint density at radius 1 is 0.371 bits per heavy atom. The van der Waals surface area contributed by atoms with Crippen LogP contribution in [0.1, 0.15) is 85.5 Å². The molecule has 12 aromatic carbocycles. The Morgan fingerprint density at radius 2 is 0.661 bits per heavy atom. The van der Waals surface area contributed by atoms with Crippen LogP contribution in [0.3, 0.4) is 0 Å². The SMILES string of the molecule is CCc1cc(F)ccc1C(O)OB(OB(O)c1ccc(F)cc1CO)c1ccc(F)cc1CO.Cc1ccc(B2OB(c3ccc(F)cc3CO)OB(c3ccc(F)cc3CO)O2)c(CO)c1.[C-]#[N+]c1ccc(Oc2ccc(B3OB(c4ccc(Oc5ccc(C#N)cc5)cc4CO)OB(c4ccc(Oc5ccc(C#N)cc5)cc4CO)O3)c(CO)c2)cc1. The summed E-state index contributed by atoms with van der Waals surface area (Å²) in [6, 6.07) is 62.8. The van der Waals surface area contributed by atoms with Crippen molar-refractivity contribution in [1.29, 1.82) is 10.5 Å². The van der Waals surface area contributed by atoms with E-state index in [0.29, 0.717) is 118 Å². The van der Waals surface area contributed by atoms with Crippen LogP contribution in [-0.4, -0.2) is 108 Å². The van der Waals surface area contributed by atoms with Gasteiger partial charge >= 0.3 is 56.9 Å². The van der Waals surface area contributed by atoms with Gasteiger partial charge in [0, 0.05) is 5.56 Å². The highest BCUT2D eigenvalue weighted by atomic mass is 19.1. The highest BCUT2D eigenvalue weighted by Gasteiger charge is 2.48. The number of ether oxygens (including phenoxy) is 3. The first kappa shape index (κ1) is 91.2. The van der Waals surface area contributed by atoms with Crippen molar-refractivity contribution in [3.8, 4) is 46.6 Å². The quantitative estimate of drug-likeness (QED) is 0.0101. The Morgan fingerprint density at radius 3 is 1.02 bits per heavy atom. The third-order valence-electron chi connectivity index (χ3n) is 19.8. The monoisotopic (exact) mass is 1680 g/mol. The Kier molecular flexibility index (Phi) is 31.9. The number of halogens is 5. The van der Waals surface area contributed by atoms with E-state index in [-0.39, 0.29) is 45.3 Å².